The number of nitrogens with one attached hydrogen (secondary N) is 1. The first-order valence-corrected chi connectivity index (χ1v) is 8.22. The average molecular weight is 359 g/mol. The van der Waals surface area contributed by atoms with Crippen LogP contribution in [0.25, 0.3) is 0 Å². The number of hydrogen-bond donors (Lipinski definition) is 2. The van der Waals surface area contributed by atoms with Crippen LogP contribution >= 0.6 is 0 Å². The number of ether oxygens (including phenoxy) is 1. The van der Waals surface area contributed by atoms with Crippen LogP contribution in [0.2, 0.25) is 0 Å². The van der Waals surface area contributed by atoms with Gasteiger partial charge in [0.1, 0.15) is 5.82 Å². The van der Waals surface area contributed by atoms with Crippen LogP contribution < -0.4 is 11.1 Å². The van der Waals surface area contributed by atoms with Crippen molar-refractivity contribution in [3.8, 4) is 0 Å². The van der Waals surface area contributed by atoms with Crippen LogP contribution in [0.15, 0.2) is 48.5 Å². The van der Waals surface area contributed by atoms with Gasteiger partial charge in [-0.3, -0.25) is 10.1 Å². The summed E-state index contributed by atoms with van der Waals surface area (Å²) in [7, 11) is 1.29. The van der Waals surface area contributed by atoms with Crippen molar-refractivity contribution in [2.45, 2.75) is 13.0 Å². The van der Waals surface area contributed by atoms with Gasteiger partial charge in [0.15, 0.2) is 0 Å². The Morgan fingerprint density at radius 1 is 1.19 bits per heavy atom. The second kappa shape index (κ2) is 9.53. The predicted molar refractivity (Wildman–Crippen MR) is 97.3 cm³/mol. The monoisotopic (exact) mass is 359 g/mol. The van der Waals surface area contributed by atoms with Gasteiger partial charge in [-0.15, -0.1) is 0 Å². The second-order valence-corrected chi connectivity index (χ2v) is 5.69. The standard InChI is InChI=1S/C19H22FN3O3/c1-26-19(25)22-17-8-6-14(7-9-17)13-23(11-3-10-21)18(24)15-4-2-5-16(20)12-15/h2,4-9,12H,3,10-11,13,21H2,1H3,(H,22,25). The maximum Gasteiger partial charge on any atom is 0.411 e. The van der Waals surface area contributed by atoms with E-state index in [2.05, 4.69) is 10.1 Å². The van der Waals surface area contributed by atoms with Crippen molar-refractivity contribution in [1.82, 2.24) is 4.90 Å². The number of methoxy groups -OCH3 is 1. The molecule has 2 rings (SSSR count). The lowest BCUT2D eigenvalue weighted by atomic mass is 10.1. The number of benzene rings is 2. The molecule has 0 unspecified atom stereocenters. The lowest BCUT2D eigenvalue weighted by Crippen LogP contribution is -2.32. The van der Waals surface area contributed by atoms with E-state index in [-0.39, 0.29) is 5.91 Å². The van der Waals surface area contributed by atoms with Crippen molar-refractivity contribution in [3.05, 3.63) is 65.5 Å². The maximum atomic E-state index is 13.4. The van der Waals surface area contributed by atoms with Crippen molar-refractivity contribution in [1.29, 1.82) is 0 Å². The van der Waals surface area contributed by atoms with Gasteiger partial charge in [-0.2, -0.15) is 0 Å². The Balaban J connectivity index is 2.12. The van der Waals surface area contributed by atoms with E-state index in [4.69, 9.17) is 5.73 Å². The fourth-order valence-electron chi connectivity index (χ4n) is 2.42. The van der Waals surface area contributed by atoms with E-state index in [1.807, 2.05) is 0 Å². The highest BCUT2D eigenvalue weighted by Crippen LogP contribution is 2.15. The van der Waals surface area contributed by atoms with Crippen molar-refractivity contribution in [2.24, 2.45) is 5.73 Å². The number of nitrogens with zero attached hydrogens (tertiary/aromatic N) is 1. The molecule has 0 fully saturated rings. The Morgan fingerprint density at radius 3 is 2.54 bits per heavy atom. The van der Waals surface area contributed by atoms with E-state index in [0.29, 0.717) is 37.3 Å². The van der Waals surface area contributed by atoms with E-state index in [1.54, 1.807) is 35.2 Å². The maximum absolute atomic E-state index is 13.4. The lowest BCUT2D eigenvalue weighted by molar-refractivity contribution is 0.0741. The first kappa shape index (κ1) is 19.4. The van der Waals surface area contributed by atoms with Crippen molar-refractivity contribution in [2.75, 3.05) is 25.5 Å². The number of hydrogen-bond acceptors (Lipinski definition) is 4. The molecular formula is C19H22FN3O3. The molecule has 0 saturated heterocycles. The molecule has 0 aliphatic carbocycles. The number of amides is 2. The van der Waals surface area contributed by atoms with Gasteiger partial charge in [0.2, 0.25) is 0 Å². The zero-order valence-electron chi connectivity index (χ0n) is 14.6. The molecule has 7 heteroatoms. The molecule has 0 radical (unpaired) electrons. The number of rotatable bonds is 7. The molecule has 0 atom stereocenters. The molecule has 0 saturated carbocycles. The van der Waals surface area contributed by atoms with E-state index < -0.39 is 11.9 Å². The molecule has 0 heterocycles. The van der Waals surface area contributed by atoms with E-state index in [1.165, 1.54) is 25.3 Å². The zero-order chi connectivity index (χ0) is 18.9. The number of anilines is 1. The third-order valence-corrected chi connectivity index (χ3v) is 3.75. The van der Waals surface area contributed by atoms with Crippen LogP contribution in [0.3, 0.4) is 0 Å². The summed E-state index contributed by atoms with van der Waals surface area (Å²) in [6, 6.07) is 12.7. The lowest BCUT2D eigenvalue weighted by Gasteiger charge is -2.23. The highest BCUT2D eigenvalue weighted by atomic mass is 19.1. The SMILES string of the molecule is COC(=O)Nc1ccc(CN(CCCN)C(=O)c2cccc(F)c2)cc1. The molecule has 6 nitrogen and oxygen atoms in total. The quantitative estimate of drug-likeness (QED) is 0.796. The molecule has 0 aromatic heterocycles. The third-order valence-electron chi connectivity index (χ3n) is 3.75. The Bertz CT molecular complexity index is 750. The fraction of sp³-hybridized carbons (Fsp3) is 0.263. The molecular weight excluding hydrogens is 337 g/mol. The molecule has 0 aliphatic heterocycles. The van der Waals surface area contributed by atoms with E-state index in [9.17, 15) is 14.0 Å². The van der Waals surface area contributed by atoms with Gasteiger partial charge in [-0.25, -0.2) is 9.18 Å². The Kier molecular flexibility index (Phi) is 7.11. The van der Waals surface area contributed by atoms with Crippen molar-refractivity contribution < 1.29 is 18.7 Å². The second-order valence-electron chi connectivity index (χ2n) is 5.69. The highest BCUT2D eigenvalue weighted by molar-refractivity contribution is 5.94. The molecule has 0 spiro atoms. The minimum Gasteiger partial charge on any atom is -0.453 e. The van der Waals surface area contributed by atoms with Gasteiger partial charge < -0.3 is 15.4 Å². The van der Waals surface area contributed by atoms with Crippen LogP contribution in [0.4, 0.5) is 14.9 Å². The Hall–Kier alpha value is -2.93. The number of carbonyl (C=O) groups excluding carboxylic acids is 2. The summed E-state index contributed by atoms with van der Waals surface area (Å²) >= 11 is 0. The minimum absolute atomic E-state index is 0.255. The van der Waals surface area contributed by atoms with Gasteiger partial charge in [0, 0.05) is 24.3 Å². The van der Waals surface area contributed by atoms with Crippen LogP contribution in [0, 0.1) is 5.82 Å². The van der Waals surface area contributed by atoms with Crippen molar-refractivity contribution in [3.63, 3.8) is 0 Å². The highest BCUT2D eigenvalue weighted by Gasteiger charge is 2.16. The predicted octanol–water partition coefficient (Wildman–Crippen LogP) is 3.00. The van der Waals surface area contributed by atoms with Crippen LogP contribution in [-0.4, -0.2) is 37.1 Å². The number of nitrogens with two attached hydrogens (primary N) is 1. The zero-order valence-corrected chi connectivity index (χ0v) is 14.6. The first-order chi connectivity index (χ1) is 12.5. The normalized spacial score (nSPS) is 10.3. The largest absolute Gasteiger partial charge is 0.453 e. The van der Waals surface area contributed by atoms with Gasteiger partial charge >= 0.3 is 6.09 Å². The summed E-state index contributed by atoms with van der Waals surface area (Å²) in [5.74, 6) is -0.706. The number of carbonyl (C=O) groups is 2. The van der Waals surface area contributed by atoms with Gasteiger partial charge in [0.25, 0.3) is 5.91 Å². The van der Waals surface area contributed by atoms with Crippen LogP contribution in [-0.2, 0) is 11.3 Å². The molecule has 0 bridgehead atoms. The minimum atomic E-state index is -0.552. The van der Waals surface area contributed by atoms with Crippen LogP contribution in [0.5, 0.6) is 0 Å². The molecule has 2 aromatic rings. The van der Waals surface area contributed by atoms with Gasteiger partial charge in [-0.1, -0.05) is 18.2 Å². The molecule has 138 valence electrons. The summed E-state index contributed by atoms with van der Waals surface area (Å²) in [5.41, 5.74) is 7.33. The smallest absolute Gasteiger partial charge is 0.411 e. The summed E-state index contributed by atoms with van der Waals surface area (Å²) in [5, 5.41) is 2.56. The van der Waals surface area contributed by atoms with E-state index in [0.717, 1.165) is 5.56 Å². The molecule has 26 heavy (non-hydrogen) atoms. The molecule has 3 N–H and O–H groups in total. The summed E-state index contributed by atoms with van der Waals surface area (Å²) in [6.07, 6.45) is 0.0897. The fourth-order valence-corrected chi connectivity index (χ4v) is 2.42. The van der Waals surface area contributed by atoms with Gasteiger partial charge in [0.05, 0.1) is 7.11 Å². The summed E-state index contributed by atoms with van der Waals surface area (Å²) in [6.45, 7) is 1.27. The van der Waals surface area contributed by atoms with Crippen molar-refractivity contribution >= 4 is 17.7 Å². The summed E-state index contributed by atoms with van der Waals surface area (Å²) < 4.78 is 18.0. The first-order valence-electron chi connectivity index (χ1n) is 8.22. The molecule has 2 aromatic carbocycles. The number of halogens is 1. The van der Waals surface area contributed by atoms with Gasteiger partial charge in [-0.05, 0) is 48.9 Å². The molecule has 2 amide bonds. The average Bonchev–Trinajstić information content (AvgIpc) is 2.65. The Morgan fingerprint density at radius 2 is 1.92 bits per heavy atom. The summed E-state index contributed by atoms with van der Waals surface area (Å²) in [4.78, 5) is 25.5. The van der Waals surface area contributed by atoms with E-state index >= 15 is 0 Å². The Labute approximate surface area is 151 Å². The topological polar surface area (TPSA) is 84.7 Å². The third kappa shape index (κ3) is 5.56. The van der Waals surface area contributed by atoms with Crippen LogP contribution in [0.1, 0.15) is 22.3 Å². The molecule has 0 aliphatic rings.